The molecule has 4 rings (SSSR count). The molecule has 0 aliphatic rings. The topological polar surface area (TPSA) is 73.7 Å². The average molecular weight is 342 g/mol. The molecule has 0 aliphatic heterocycles. The van der Waals surface area contributed by atoms with Crippen LogP contribution in [0.2, 0.25) is 0 Å². The number of nitriles is 1. The second kappa shape index (κ2) is 6.77. The standard InChI is InChI=1S/C21H18N4O/c1-26-16-6-7-20-18(10-16)21(15(11-22)13-25-20)23-9-8-14-12-24-19-5-3-2-4-17(14)19/h2-7,10,12-13,24H,8-9H2,1H3,(H,23,25). The number of ether oxygens (including phenoxy) is 1. The predicted octanol–water partition coefficient (Wildman–Crippen LogP) is 4.25. The molecule has 2 heterocycles. The lowest BCUT2D eigenvalue weighted by atomic mass is 10.1. The first-order valence-electron chi connectivity index (χ1n) is 8.46. The van der Waals surface area contributed by atoms with Crippen molar-refractivity contribution >= 4 is 27.5 Å². The number of hydrogen-bond acceptors (Lipinski definition) is 4. The molecule has 0 unspecified atom stereocenters. The van der Waals surface area contributed by atoms with Gasteiger partial charge in [-0.3, -0.25) is 4.98 Å². The molecule has 0 spiro atoms. The van der Waals surface area contributed by atoms with Gasteiger partial charge < -0.3 is 15.0 Å². The fourth-order valence-corrected chi connectivity index (χ4v) is 3.23. The Balaban J connectivity index is 1.63. The van der Waals surface area contributed by atoms with Gasteiger partial charge in [-0.1, -0.05) is 18.2 Å². The molecule has 0 amide bonds. The number of methoxy groups -OCH3 is 1. The van der Waals surface area contributed by atoms with Crippen LogP contribution in [0.5, 0.6) is 5.75 Å². The van der Waals surface area contributed by atoms with E-state index < -0.39 is 0 Å². The van der Waals surface area contributed by atoms with Crippen molar-refractivity contribution in [2.75, 3.05) is 19.0 Å². The third-order valence-corrected chi connectivity index (χ3v) is 4.57. The first kappa shape index (κ1) is 16.0. The van der Waals surface area contributed by atoms with Crippen LogP contribution in [0.4, 0.5) is 5.69 Å². The second-order valence-electron chi connectivity index (χ2n) is 6.08. The first-order valence-corrected chi connectivity index (χ1v) is 8.46. The number of benzene rings is 2. The Kier molecular flexibility index (Phi) is 4.16. The van der Waals surface area contributed by atoms with Gasteiger partial charge in [0.25, 0.3) is 0 Å². The van der Waals surface area contributed by atoms with Crippen LogP contribution in [0, 0.1) is 11.3 Å². The van der Waals surface area contributed by atoms with Crippen molar-refractivity contribution in [1.82, 2.24) is 9.97 Å². The summed E-state index contributed by atoms with van der Waals surface area (Å²) in [4.78, 5) is 7.66. The number of rotatable bonds is 5. The minimum atomic E-state index is 0.532. The van der Waals surface area contributed by atoms with Crippen molar-refractivity contribution in [2.45, 2.75) is 6.42 Å². The van der Waals surface area contributed by atoms with Gasteiger partial charge in [-0.2, -0.15) is 5.26 Å². The number of nitrogens with one attached hydrogen (secondary N) is 2. The number of H-pyrrole nitrogens is 1. The number of pyridine rings is 1. The third-order valence-electron chi connectivity index (χ3n) is 4.57. The molecule has 5 heteroatoms. The normalized spacial score (nSPS) is 10.8. The summed E-state index contributed by atoms with van der Waals surface area (Å²) in [5.41, 5.74) is 4.56. The van der Waals surface area contributed by atoms with E-state index in [2.05, 4.69) is 33.5 Å². The van der Waals surface area contributed by atoms with E-state index in [1.807, 2.05) is 36.5 Å². The van der Waals surface area contributed by atoms with Crippen LogP contribution in [-0.4, -0.2) is 23.6 Å². The fraction of sp³-hybridized carbons (Fsp3) is 0.143. The van der Waals surface area contributed by atoms with E-state index in [4.69, 9.17) is 4.74 Å². The number of anilines is 1. The second-order valence-corrected chi connectivity index (χ2v) is 6.08. The molecule has 0 fully saturated rings. The highest BCUT2D eigenvalue weighted by molar-refractivity contribution is 5.95. The minimum absolute atomic E-state index is 0.532. The molecule has 5 nitrogen and oxygen atoms in total. The number of aromatic amines is 1. The molecule has 2 aromatic heterocycles. The molecule has 26 heavy (non-hydrogen) atoms. The van der Waals surface area contributed by atoms with Crippen molar-refractivity contribution < 1.29 is 4.74 Å². The fourth-order valence-electron chi connectivity index (χ4n) is 3.23. The van der Waals surface area contributed by atoms with E-state index in [1.54, 1.807) is 13.3 Å². The maximum atomic E-state index is 9.46. The van der Waals surface area contributed by atoms with Gasteiger partial charge in [0, 0.05) is 35.2 Å². The molecule has 2 aromatic carbocycles. The van der Waals surface area contributed by atoms with E-state index in [-0.39, 0.29) is 0 Å². The highest BCUT2D eigenvalue weighted by Crippen LogP contribution is 2.29. The molecule has 0 atom stereocenters. The largest absolute Gasteiger partial charge is 0.497 e. The molecular formula is C21H18N4O. The average Bonchev–Trinajstić information content (AvgIpc) is 3.11. The predicted molar refractivity (Wildman–Crippen MR) is 104 cm³/mol. The third kappa shape index (κ3) is 2.82. The summed E-state index contributed by atoms with van der Waals surface area (Å²) in [6.45, 7) is 0.715. The summed E-state index contributed by atoms with van der Waals surface area (Å²) < 4.78 is 5.32. The molecular weight excluding hydrogens is 324 g/mol. The van der Waals surface area contributed by atoms with Gasteiger partial charge in [-0.05, 0) is 36.2 Å². The lowest BCUT2D eigenvalue weighted by Crippen LogP contribution is -2.07. The van der Waals surface area contributed by atoms with Crippen LogP contribution >= 0.6 is 0 Å². The molecule has 0 radical (unpaired) electrons. The quantitative estimate of drug-likeness (QED) is 0.568. The maximum absolute atomic E-state index is 9.46. The Bertz CT molecular complexity index is 1120. The summed E-state index contributed by atoms with van der Waals surface area (Å²) >= 11 is 0. The van der Waals surface area contributed by atoms with Crippen LogP contribution in [0.1, 0.15) is 11.1 Å². The molecule has 0 saturated carbocycles. The van der Waals surface area contributed by atoms with Crippen molar-refractivity contribution in [3.8, 4) is 11.8 Å². The number of fused-ring (bicyclic) bond motifs is 2. The van der Waals surface area contributed by atoms with Crippen molar-refractivity contribution in [3.05, 3.63) is 66.0 Å². The van der Waals surface area contributed by atoms with Crippen LogP contribution in [0.25, 0.3) is 21.8 Å². The van der Waals surface area contributed by atoms with Gasteiger partial charge in [0.05, 0.1) is 23.9 Å². The summed E-state index contributed by atoms with van der Waals surface area (Å²) in [6, 6.07) is 16.2. The van der Waals surface area contributed by atoms with E-state index in [9.17, 15) is 5.26 Å². The molecule has 4 aromatic rings. The highest BCUT2D eigenvalue weighted by atomic mass is 16.5. The number of nitrogens with zero attached hydrogens (tertiary/aromatic N) is 2. The Labute approximate surface area is 151 Å². The lowest BCUT2D eigenvalue weighted by Gasteiger charge is -2.12. The van der Waals surface area contributed by atoms with Gasteiger partial charge in [0.1, 0.15) is 11.8 Å². The van der Waals surface area contributed by atoms with Crippen molar-refractivity contribution in [1.29, 1.82) is 5.26 Å². The van der Waals surface area contributed by atoms with Crippen molar-refractivity contribution in [3.63, 3.8) is 0 Å². The molecule has 2 N–H and O–H groups in total. The Morgan fingerprint density at radius 2 is 2.08 bits per heavy atom. The summed E-state index contributed by atoms with van der Waals surface area (Å²) in [5, 5.41) is 15.0. The zero-order valence-electron chi connectivity index (χ0n) is 14.4. The Morgan fingerprint density at radius 1 is 1.19 bits per heavy atom. The maximum Gasteiger partial charge on any atom is 0.119 e. The summed E-state index contributed by atoms with van der Waals surface area (Å²) in [6.07, 6.45) is 4.51. The molecule has 0 aliphatic carbocycles. The Morgan fingerprint density at radius 3 is 2.92 bits per heavy atom. The number of aromatic nitrogens is 2. The van der Waals surface area contributed by atoms with Gasteiger partial charge in [-0.25, -0.2) is 0 Å². The van der Waals surface area contributed by atoms with Gasteiger partial charge in [0.2, 0.25) is 0 Å². The molecule has 0 bridgehead atoms. The number of para-hydroxylation sites is 1. The lowest BCUT2D eigenvalue weighted by molar-refractivity contribution is 0.415. The zero-order valence-corrected chi connectivity index (χ0v) is 14.4. The summed E-state index contributed by atoms with van der Waals surface area (Å²) in [5.74, 6) is 0.745. The van der Waals surface area contributed by atoms with Crippen LogP contribution in [0.15, 0.2) is 54.9 Å². The van der Waals surface area contributed by atoms with E-state index >= 15 is 0 Å². The minimum Gasteiger partial charge on any atom is -0.497 e. The highest BCUT2D eigenvalue weighted by Gasteiger charge is 2.10. The monoisotopic (exact) mass is 342 g/mol. The van der Waals surface area contributed by atoms with Crippen LogP contribution in [-0.2, 0) is 6.42 Å². The molecule has 0 saturated heterocycles. The van der Waals surface area contributed by atoms with E-state index in [1.165, 1.54) is 10.9 Å². The zero-order chi connectivity index (χ0) is 17.9. The van der Waals surface area contributed by atoms with E-state index in [0.29, 0.717) is 12.1 Å². The van der Waals surface area contributed by atoms with Crippen LogP contribution < -0.4 is 10.1 Å². The SMILES string of the molecule is COc1ccc2ncc(C#N)c(NCCc3c[nH]c4ccccc34)c2c1. The van der Waals surface area contributed by atoms with E-state index in [0.717, 1.165) is 34.3 Å². The van der Waals surface area contributed by atoms with Crippen molar-refractivity contribution in [2.24, 2.45) is 0 Å². The van der Waals surface area contributed by atoms with Gasteiger partial charge >= 0.3 is 0 Å². The van der Waals surface area contributed by atoms with Crippen LogP contribution in [0.3, 0.4) is 0 Å². The smallest absolute Gasteiger partial charge is 0.119 e. The molecule has 128 valence electrons. The van der Waals surface area contributed by atoms with Gasteiger partial charge in [0.15, 0.2) is 0 Å². The van der Waals surface area contributed by atoms with Gasteiger partial charge in [-0.15, -0.1) is 0 Å². The summed E-state index contributed by atoms with van der Waals surface area (Å²) in [7, 11) is 1.63. The first-order chi connectivity index (χ1) is 12.8. The Hall–Kier alpha value is -3.52. The number of hydrogen-bond donors (Lipinski definition) is 2.